The van der Waals surface area contributed by atoms with E-state index in [4.69, 9.17) is 0 Å². The molecular formula is C14H8BrI. The molecule has 0 nitrogen and oxygen atoms in total. The first-order valence-corrected chi connectivity index (χ1v) is 6.64. The zero-order chi connectivity index (χ0) is 11.4. The predicted molar refractivity (Wildman–Crippen MR) is 79.3 cm³/mol. The van der Waals surface area contributed by atoms with Gasteiger partial charge in [-0.3, -0.25) is 0 Å². The van der Waals surface area contributed by atoms with E-state index in [0.717, 1.165) is 15.6 Å². The minimum absolute atomic E-state index is 1.03. The molecule has 0 aliphatic heterocycles. The van der Waals surface area contributed by atoms with Crippen molar-refractivity contribution in [2.45, 2.75) is 0 Å². The Morgan fingerprint density at radius 2 is 1.56 bits per heavy atom. The zero-order valence-electron chi connectivity index (χ0n) is 8.37. The van der Waals surface area contributed by atoms with Crippen LogP contribution in [0.2, 0.25) is 0 Å². The van der Waals surface area contributed by atoms with Gasteiger partial charge in [0.25, 0.3) is 0 Å². The maximum atomic E-state index is 3.40. The Balaban J connectivity index is 2.25. The van der Waals surface area contributed by atoms with Crippen LogP contribution >= 0.6 is 38.5 Å². The van der Waals surface area contributed by atoms with E-state index in [-0.39, 0.29) is 0 Å². The molecule has 2 aromatic carbocycles. The highest BCUT2D eigenvalue weighted by molar-refractivity contribution is 14.1. The van der Waals surface area contributed by atoms with Crippen LogP contribution in [0.1, 0.15) is 11.1 Å². The van der Waals surface area contributed by atoms with Gasteiger partial charge in [-0.25, -0.2) is 0 Å². The van der Waals surface area contributed by atoms with Crippen LogP contribution in [-0.4, -0.2) is 0 Å². The van der Waals surface area contributed by atoms with Crippen molar-refractivity contribution in [1.82, 2.24) is 0 Å². The van der Waals surface area contributed by atoms with Crippen molar-refractivity contribution in [3.8, 4) is 11.8 Å². The van der Waals surface area contributed by atoms with Crippen LogP contribution in [-0.2, 0) is 0 Å². The Morgan fingerprint density at radius 3 is 2.25 bits per heavy atom. The first-order chi connectivity index (χ1) is 7.74. The lowest BCUT2D eigenvalue weighted by atomic mass is 10.2. The van der Waals surface area contributed by atoms with E-state index in [2.05, 4.69) is 62.5 Å². The molecular weight excluding hydrogens is 375 g/mol. The largest absolute Gasteiger partial charge is 0.0617 e. The summed E-state index contributed by atoms with van der Waals surface area (Å²) < 4.78 is 2.28. The lowest BCUT2D eigenvalue weighted by molar-refractivity contribution is 1.58. The van der Waals surface area contributed by atoms with Gasteiger partial charge in [0.2, 0.25) is 0 Å². The Labute approximate surface area is 117 Å². The molecule has 0 saturated heterocycles. The second kappa shape index (κ2) is 5.51. The fraction of sp³-hybridized carbons (Fsp3) is 0. The minimum atomic E-state index is 1.03. The lowest BCUT2D eigenvalue weighted by Crippen LogP contribution is -1.77. The Hall–Kier alpha value is -0.790. The molecule has 2 aromatic rings. The molecule has 2 rings (SSSR count). The summed E-state index contributed by atoms with van der Waals surface area (Å²) in [7, 11) is 0. The van der Waals surface area contributed by atoms with Crippen LogP contribution in [0.3, 0.4) is 0 Å². The van der Waals surface area contributed by atoms with Crippen molar-refractivity contribution in [3.05, 3.63) is 67.7 Å². The molecule has 0 heterocycles. The summed E-state index contributed by atoms with van der Waals surface area (Å²) >= 11 is 5.69. The van der Waals surface area contributed by atoms with Crippen LogP contribution in [0.4, 0.5) is 0 Å². The highest BCUT2D eigenvalue weighted by atomic mass is 127. The molecule has 0 saturated carbocycles. The van der Waals surface area contributed by atoms with E-state index < -0.39 is 0 Å². The fourth-order valence-electron chi connectivity index (χ4n) is 1.24. The molecule has 0 fully saturated rings. The summed E-state index contributed by atoms with van der Waals surface area (Å²) in [6, 6.07) is 16.2. The third kappa shape index (κ3) is 3.36. The molecule has 2 heteroatoms. The number of hydrogen-bond acceptors (Lipinski definition) is 0. The molecule has 0 aliphatic carbocycles. The van der Waals surface area contributed by atoms with Gasteiger partial charge in [0, 0.05) is 19.2 Å². The maximum absolute atomic E-state index is 3.40. The molecule has 0 aromatic heterocycles. The molecule has 0 bridgehead atoms. The summed E-state index contributed by atoms with van der Waals surface area (Å²) in [6.07, 6.45) is 0. The van der Waals surface area contributed by atoms with E-state index in [9.17, 15) is 0 Å². The van der Waals surface area contributed by atoms with Gasteiger partial charge in [0.05, 0.1) is 0 Å². The van der Waals surface area contributed by atoms with Crippen LogP contribution in [0.15, 0.2) is 53.0 Å². The van der Waals surface area contributed by atoms with Crippen LogP contribution in [0.25, 0.3) is 0 Å². The summed E-state index contributed by atoms with van der Waals surface area (Å²) in [5, 5.41) is 0. The van der Waals surface area contributed by atoms with E-state index in [0.29, 0.717) is 0 Å². The van der Waals surface area contributed by atoms with Gasteiger partial charge in [0.15, 0.2) is 0 Å². The van der Waals surface area contributed by atoms with Gasteiger partial charge in [-0.2, -0.15) is 0 Å². The van der Waals surface area contributed by atoms with Crippen molar-refractivity contribution < 1.29 is 0 Å². The number of halogens is 2. The van der Waals surface area contributed by atoms with Crippen LogP contribution in [0, 0.1) is 15.4 Å². The zero-order valence-corrected chi connectivity index (χ0v) is 12.1. The third-order valence-corrected chi connectivity index (χ3v) is 3.22. The molecule has 0 radical (unpaired) electrons. The minimum Gasteiger partial charge on any atom is -0.0617 e. The molecule has 0 aliphatic rings. The second-order valence-electron chi connectivity index (χ2n) is 3.27. The normalized spacial score (nSPS) is 9.38. The van der Waals surface area contributed by atoms with Crippen LogP contribution in [0.5, 0.6) is 0 Å². The van der Waals surface area contributed by atoms with E-state index in [1.165, 1.54) is 3.57 Å². The molecule has 0 amide bonds. The average molecular weight is 383 g/mol. The third-order valence-electron chi connectivity index (χ3n) is 2.02. The Morgan fingerprint density at radius 1 is 0.875 bits per heavy atom. The smallest absolute Gasteiger partial charge is 0.0259 e. The number of rotatable bonds is 0. The highest BCUT2D eigenvalue weighted by Gasteiger charge is 1.89. The molecule has 0 atom stereocenters. The maximum Gasteiger partial charge on any atom is 0.0259 e. The first-order valence-electron chi connectivity index (χ1n) is 4.77. The van der Waals surface area contributed by atoms with Crippen molar-refractivity contribution in [3.63, 3.8) is 0 Å². The standard InChI is InChI=1S/C14H8BrI/c15-13-8-6-11(7-9-13)4-5-12-2-1-3-14(16)10-12/h1-3,6-10H. The Bertz CT molecular complexity index is 547. The van der Waals surface area contributed by atoms with Gasteiger partial charge in [-0.1, -0.05) is 33.8 Å². The molecule has 0 unspecified atom stereocenters. The Kier molecular flexibility index (Phi) is 4.03. The SMILES string of the molecule is Brc1ccc(C#Cc2cccc(I)c2)cc1. The summed E-state index contributed by atoms with van der Waals surface area (Å²) in [5.41, 5.74) is 2.08. The molecule has 0 N–H and O–H groups in total. The molecule has 0 spiro atoms. The van der Waals surface area contributed by atoms with Gasteiger partial charge in [0.1, 0.15) is 0 Å². The van der Waals surface area contributed by atoms with E-state index >= 15 is 0 Å². The summed E-state index contributed by atoms with van der Waals surface area (Å²) in [6.45, 7) is 0. The lowest BCUT2D eigenvalue weighted by Gasteiger charge is -1.92. The van der Waals surface area contributed by atoms with E-state index in [1.807, 2.05) is 36.4 Å². The number of benzene rings is 2. The molecule has 78 valence electrons. The number of hydrogen-bond donors (Lipinski definition) is 0. The predicted octanol–water partition coefficient (Wildman–Crippen LogP) is 4.45. The highest BCUT2D eigenvalue weighted by Crippen LogP contribution is 2.10. The first kappa shape index (κ1) is 11.7. The van der Waals surface area contributed by atoms with Crippen molar-refractivity contribution in [2.75, 3.05) is 0 Å². The van der Waals surface area contributed by atoms with Gasteiger partial charge < -0.3 is 0 Å². The van der Waals surface area contributed by atoms with Gasteiger partial charge in [-0.05, 0) is 65.1 Å². The van der Waals surface area contributed by atoms with Crippen molar-refractivity contribution in [2.24, 2.45) is 0 Å². The summed E-state index contributed by atoms with van der Waals surface area (Å²) in [5.74, 6) is 6.29. The van der Waals surface area contributed by atoms with Crippen molar-refractivity contribution >= 4 is 38.5 Å². The van der Waals surface area contributed by atoms with Gasteiger partial charge >= 0.3 is 0 Å². The topological polar surface area (TPSA) is 0 Å². The quantitative estimate of drug-likeness (QED) is 0.466. The monoisotopic (exact) mass is 382 g/mol. The van der Waals surface area contributed by atoms with E-state index in [1.54, 1.807) is 0 Å². The second-order valence-corrected chi connectivity index (χ2v) is 5.43. The van der Waals surface area contributed by atoms with Crippen LogP contribution < -0.4 is 0 Å². The fourth-order valence-corrected chi connectivity index (χ4v) is 2.05. The average Bonchev–Trinajstić information content (AvgIpc) is 2.28. The van der Waals surface area contributed by atoms with Gasteiger partial charge in [-0.15, -0.1) is 0 Å². The summed E-state index contributed by atoms with van der Waals surface area (Å²) in [4.78, 5) is 0. The molecule has 16 heavy (non-hydrogen) atoms. The van der Waals surface area contributed by atoms with Crippen molar-refractivity contribution in [1.29, 1.82) is 0 Å².